The van der Waals surface area contributed by atoms with Gasteiger partial charge >= 0.3 is 99.8 Å². The molecule has 5 heteroatoms. The number of nitrogens with zero attached hydrogens (tertiary/aromatic N) is 2. The number of hydrogen-bond acceptors (Lipinski definition) is 3. The molecular formula is C46H40GeIrN2O-2. The second-order valence-corrected chi connectivity index (χ2v) is 24.4. The molecule has 0 bridgehead atoms. The number of benzene rings is 5. The third-order valence-corrected chi connectivity index (χ3v) is 13.2. The Morgan fingerprint density at radius 1 is 0.667 bits per heavy atom. The molecule has 3 nitrogen and oxygen atoms in total. The van der Waals surface area contributed by atoms with E-state index in [1.54, 1.807) is 6.20 Å². The summed E-state index contributed by atoms with van der Waals surface area (Å²) in [5, 5.41) is 2.09. The number of hydrogen-bond donors (Lipinski definition) is 0. The Kier molecular flexibility index (Phi) is 10.7. The first-order valence-electron chi connectivity index (χ1n) is 17.5. The van der Waals surface area contributed by atoms with E-state index in [4.69, 9.17) is 5.79 Å². The Balaban J connectivity index is 0.000000230. The molecule has 0 unspecified atom stereocenters. The summed E-state index contributed by atoms with van der Waals surface area (Å²) in [4.78, 5) is 9.11. The van der Waals surface area contributed by atoms with Gasteiger partial charge in [0.25, 0.3) is 0 Å². The first-order chi connectivity index (χ1) is 24.5. The van der Waals surface area contributed by atoms with E-state index in [1.165, 1.54) is 4.40 Å². The van der Waals surface area contributed by atoms with Gasteiger partial charge in [-0.2, -0.15) is 0 Å². The van der Waals surface area contributed by atoms with Crippen LogP contribution in [-0.4, -0.2) is 23.2 Å². The van der Waals surface area contributed by atoms with Gasteiger partial charge in [0.2, 0.25) is 0 Å². The third kappa shape index (κ3) is 8.15. The molecule has 0 aliphatic carbocycles. The van der Waals surface area contributed by atoms with Crippen molar-refractivity contribution in [3.8, 4) is 44.8 Å². The van der Waals surface area contributed by atoms with Crippen molar-refractivity contribution in [3.05, 3.63) is 164 Å². The van der Waals surface area contributed by atoms with Crippen molar-refractivity contribution in [2.45, 2.75) is 37.0 Å². The quantitative estimate of drug-likeness (QED) is 0.123. The maximum atomic E-state index is 8.40. The Hall–Kier alpha value is -4.61. The first kappa shape index (κ1) is 34.8. The molecule has 8 rings (SSSR count). The molecule has 3 heterocycles. The van der Waals surface area contributed by atoms with Crippen LogP contribution in [0.5, 0.6) is 0 Å². The van der Waals surface area contributed by atoms with Gasteiger partial charge in [-0.15, -0.1) is 23.8 Å². The summed E-state index contributed by atoms with van der Waals surface area (Å²) in [7, 11) is 0. The molecule has 8 aromatic rings. The van der Waals surface area contributed by atoms with Crippen molar-refractivity contribution in [1.82, 2.24) is 9.97 Å². The summed E-state index contributed by atoms with van der Waals surface area (Å²) in [5.41, 5.74) is 10.8. The van der Waals surface area contributed by atoms with Gasteiger partial charge in [0.15, 0.2) is 0 Å². The van der Waals surface area contributed by atoms with Crippen molar-refractivity contribution in [2.75, 3.05) is 0 Å². The monoisotopic (exact) mass is 904 g/mol. The summed E-state index contributed by atoms with van der Waals surface area (Å²) >= 11 is -1.72. The van der Waals surface area contributed by atoms with Crippen molar-refractivity contribution < 1.29 is 25.9 Å². The number of fused-ring (bicyclic) bond motifs is 3. The molecule has 0 saturated heterocycles. The van der Waals surface area contributed by atoms with Gasteiger partial charge in [0, 0.05) is 38.6 Å². The molecular weight excluding hydrogens is 861 g/mol. The van der Waals surface area contributed by atoms with Gasteiger partial charge < -0.3 is 9.40 Å². The zero-order chi connectivity index (χ0) is 35.6. The standard InChI is InChI=1S/C32H24NO.C14H16GeN.Ir/c1-21(2)24-15-16-33-30(20-24)25-13-14-31-28(17-25)29-19-26(22-9-5-3-6-10-22)18-27(32(29)34-31)23-11-7-4-8-12-23;1-15(2,3)13-9-10-14(16-11-13)12-7-5-4-6-8-12;/h3-12,14-21H,1-2H3;4-7,9-11H,1-3H3;/q2*-1;/i21D;;. The van der Waals surface area contributed by atoms with E-state index in [9.17, 15) is 0 Å². The van der Waals surface area contributed by atoms with E-state index in [1.807, 2.05) is 74.6 Å². The minimum atomic E-state index is -1.72. The SMILES string of the molecule is [2H]C(C)(C)c1ccnc(-c2[c-]cc3oc4c(-c5ccccc5)cc(-c5ccccc5)cc4c3c2)c1.[CH3][Ge]([CH3])([CH3])[c]1ccc(-c2[c-]cccc2)nc1.[Ir]. The zero-order valence-electron chi connectivity index (χ0n) is 30.5. The molecule has 0 saturated carbocycles. The van der Waals surface area contributed by atoms with Crippen LogP contribution in [0.3, 0.4) is 0 Å². The second kappa shape index (κ2) is 15.7. The van der Waals surface area contributed by atoms with Crippen LogP contribution in [0.1, 0.15) is 26.7 Å². The minimum Gasteiger partial charge on any atom is 0 e. The van der Waals surface area contributed by atoms with Gasteiger partial charge in [0.05, 0.1) is 5.58 Å². The van der Waals surface area contributed by atoms with Gasteiger partial charge in [-0.3, -0.25) is 0 Å². The van der Waals surface area contributed by atoms with E-state index in [0.717, 1.165) is 72.3 Å². The van der Waals surface area contributed by atoms with Gasteiger partial charge in [-0.1, -0.05) is 91.5 Å². The molecule has 0 atom stereocenters. The predicted octanol–water partition coefficient (Wildman–Crippen LogP) is 12.0. The average Bonchev–Trinajstić information content (AvgIpc) is 3.53. The summed E-state index contributed by atoms with van der Waals surface area (Å²) < 4.78 is 16.3. The first-order valence-corrected chi connectivity index (χ1v) is 24.3. The second-order valence-electron chi connectivity index (χ2n) is 13.7. The molecule has 51 heavy (non-hydrogen) atoms. The van der Waals surface area contributed by atoms with Gasteiger partial charge in [0.1, 0.15) is 5.58 Å². The molecule has 0 fully saturated rings. The molecule has 0 amide bonds. The van der Waals surface area contributed by atoms with E-state index < -0.39 is 19.2 Å². The maximum absolute atomic E-state index is 8.40. The Morgan fingerprint density at radius 3 is 2.04 bits per heavy atom. The normalized spacial score (nSPS) is 11.7. The van der Waals surface area contributed by atoms with Crippen molar-refractivity contribution >= 4 is 39.6 Å². The summed E-state index contributed by atoms with van der Waals surface area (Å²) in [6.45, 7) is 3.78. The largest absolute Gasteiger partial charge is 0 e. The van der Waals surface area contributed by atoms with Crippen LogP contribution in [0.15, 0.2) is 150 Å². The molecule has 0 N–H and O–H groups in total. The van der Waals surface area contributed by atoms with E-state index in [2.05, 4.69) is 118 Å². The van der Waals surface area contributed by atoms with Crippen LogP contribution in [0, 0.1) is 12.1 Å². The van der Waals surface area contributed by atoms with Crippen molar-refractivity contribution in [3.63, 3.8) is 0 Å². The summed E-state index contributed by atoms with van der Waals surface area (Å²) in [6, 6.07) is 52.0. The van der Waals surface area contributed by atoms with Crippen LogP contribution in [0.4, 0.5) is 0 Å². The Bertz CT molecular complexity index is 2420. The Morgan fingerprint density at radius 2 is 1.39 bits per heavy atom. The van der Waals surface area contributed by atoms with Crippen molar-refractivity contribution in [1.29, 1.82) is 0 Å². The number of furan rings is 1. The fourth-order valence-electron chi connectivity index (χ4n) is 6.04. The zero-order valence-corrected chi connectivity index (χ0v) is 34.0. The van der Waals surface area contributed by atoms with Gasteiger partial charge in [-0.25, -0.2) is 0 Å². The van der Waals surface area contributed by atoms with E-state index in [-0.39, 0.29) is 20.1 Å². The minimum absolute atomic E-state index is 0. The fourth-order valence-corrected chi connectivity index (χ4v) is 8.21. The molecule has 0 aliphatic heterocycles. The van der Waals surface area contributed by atoms with E-state index >= 15 is 0 Å². The Labute approximate surface area is 318 Å². The molecule has 0 spiro atoms. The fraction of sp³-hybridized carbons (Fsp3) is 0.130. The van der Waals surface area contributed by atoms with Crippen LogP contribution < -0.4 is 4.40 Å². The van der Waals surface area contributed by atoms with Gasteiger partial charge in [-0.05, 0) is 46.5 Å². The maximum Gasteiger partial charge on any atom is 0 e. The van der Waals surface area contributed by atoms with Crippen LogP contribution in [-0.2, 0) is 20.1 Å². The number of pyridine rings is 2. The molecule has 0 aliphatic rings. The predicted molar refractivity (Wildman–Crippen MR) is 212 cm³/mol. The molecule has 1 radical (unpaired) electrons. The summed E-state index contributed by atoms with van der Waals surface area (Å²) in [6.07, 6.45) is 3.81. The van der Waals surface area contributed by atoms with Crippen LogP contribution >= 0.6 is 0 Å². The van der Waals surface area contributed by atoms with Crippen LogP contribution in [0.25, 0.3) is 66.7 Å². The van der Waals surface area contributed by atoms with Crippen molar-refractivity contribution in [2.24, 2.45) is 0 Å². The van der Waals surface area contributed by atoms with E-state index in [0.29, 0.717) is 0 Å². The molecule has 5 aromatic carbocycles. The van der Waals surface area contributed by atoms with Crippen LogP contribution in [0.2, 0.25) is 17.3 Å². The smallest absolute Gasteiger partial charge is 0 e. The topological polar surface area (TPSA) is 38.9 Å². The third-order valence-electron chi connectivity index (χ3n) is 8.92. The number of aromatic nitrogens is 2. The summed E-state index contributed by atoms with van der Waals surface area (Å²) in [5.74, 6) is 6.45. The average molecular weight is 903 g/mol. The number of rotatable bonds is 6. The molecule has 255 valence electrons. The molecule has 3 aromatic heterocycles.